The Balaban J connectivity index is 1.28. The Morgan fingerprint density at radius 3 is 2.14 bits per heavy atom. The van der Waals surface area contributed by atoms with Crippen LogP contribution in [-0.4, -0.2) is 45.4 Å². The van der Waals surface area contributed by atoms with Gasteiger partial charge < -0.3 is 19.9 Å². The van der Waals surface area contributed by atoms with Gasteiger partial charge in [-0.25, -0.2) is 13.2 Å². The minimum atomic E-state index is -3.56. The van der Waals surface area contributed by atoms with Crippen molar-refractivity contribution in [1.82, 2.24) is 0 Å². The Kier molecular flexibility index (Phi) is 11.4. The third-order valence-electron chi connectivity index (χ3n) is 7.23. The highest BCUT2D eigenvalue weighted by Gasteiger charge is 2.28. The number of nitrogens with one attached hydrogen (secondary N) is 1. The number of hydrogen-bond donors (Lipinski definition) is 2. The van der Waals surface area contributed by atoms with E-state index in [4.69, 9.17) is 9.47 Å². The van der Waals surface area contributed by atoms with E-state index >= 15 is 0 Å². The normalized spacial score (nSPS) is 12.8. The highest BCUT2D eigenvalue weighted by atomic mass is 32.2. The fraction of sp³-hybridized carbons (Fsp3) is 0.286. The molecule has 0 bridgehead atoms. The van der Waals surface area contributed by atoms with Gasteiger partial charge in [0, 0.05) is 31.7 Å². The number of ether oxygens (including phenoxy) is 2. The second kappa shape index (κ2) is 15.4. The molecule has 0 aliphatic heterocycles. The van der Waals surface area contributed by atoms with Crippen LogP contribution in [0.25, 0.3) is 0 Å². The summed E-state index contributed by atoms with van der Waals surface area (Å²) in [4.78, 5) is 11.6. The lowest BCUT2D eigenvalue weighted by Gasteiger charge is -2.19. The Bertz CT molecular complexity index is 1540. The number of hydrogen-bond acceptors (Lipinski definition) is 6. The van der Waals surface area contributed by atoms with E-state index in [-0.39, 0.29) is 0 Å². The van der Waals surface area contributed by atoms with Crippen LogP contribution in [0.1, 0.15) is 40.8 Å². The van der Waals surface area contributed by atoms with Crippen LogP contribution in [0, 0.1) is 6.92 Å². The zero-order valence-electron chi connectivity index (χ0n) is 24.6. The number of aliphatic carboxylic acids is 1. The lowest BCUT2D eigenvalue weighted by Crippen LogP contribution is -2.26. The molecule has 0 heterocycles. The smallest absolute Gasteiger partial charge is 0.333 e. The first kappa shape index (κ1) is 31.8. The molecule has 4 aromatic rings. The van der Waals surface area contributed by atoms with E-state index in [1.807, 2.05) is 97.9 Å². The molecular formula is C35H39NO6S. The fourth-order valence-electron chi connectivity index (χ4n) is 4.84. The zero-order chi connectivity index (χ0) is 30.7. The lowest BCUT2D eigenvalue weighted by atomic mass is 10.1. The van der Waals surface area contributed by atoms with Crippen molar-refractivity contribution in [2.24, 2.45) is 0 Å². The lowest BCUT2D eigenvalue weighted by molar-refractivity contribution is -0.149. The molecule has 0 saturated carbocycles. The van der Waals surface area contributed by atoms with E-state index in [2.05, 4.69) is 5.32 Å². The number of aryl methyl sites for hydroxylation is 1. The molecule has 0 fully saturated rings. The van der Waals surface area contributed by atoms with Crippen LogP contribution >= 0.6 is 0 Å². The van der Waals surface area contributed by atoms with Crippen molar-refractivity contribution >= 4 is 21.5 Å². The maximum atomic E-state index is 13.6. The van der Waals surface area contributed by atoms with Crippen molar-refractivity contribution < 1.29 is 27.8 Å². The standard InChI is InChI=1S/C35H39NO6S/c1-3-41-33(35(37)38)25-28-13-17-31(18-14-28)42-24-22-27-11-15-30(16-12-27)36-23-21-34(29-7-5-4-6-8-29)43(39,40)32-19-9-26(2)10-20-32/h4-20,33-34,36H,3,21-25H2,1-2H3,(H,37,38)/t33-,34+/m0/s1. The molecule has 2 N–H and O–H groups in total. The van der Waals surface area contributed by atoms with E-state index in [0.29, 0.717) is 37.5 Å². The molecule has 0 aliphatic rings. The molecule has 0 spiro atoms. The van der Waals surface area contributed by atoms with Gasteiger partial charge >= 0.3 is 5.97 Å². The van der Waals surface area contributed by atoms with Gasteiger partial charge in [-0.05, 0) is 73.4 Å². The second-order valence-corrected chi connectivity index (χ2v) is 12.5. The molecule has 0 aliphatic carbocycles. The van der Waals surface area contributed by atoms with Crippen molar-refractivity contribution in [2.75, 3.05) is 25.1 Å². The van der Waals surface area contributed by atoms with Crippen LogP contribution < -0.4 is 10.1 Å². The molecule has 7 nitrogen and oxygen atoms in total. The minimum absolute atomic E-state index is 0.305. The molecular weight excluding hydrogens is 562 g/mol. The van der Waals surface area contributed by atoms with Crippen molar-refractivity contribution in [3.63, 3.8) is 0 Å². The molecule has 0 radical (unpaired) electrons. The van der Waals surface area contributed by atoms with Crippen LogP contribution in [0.5, 0.6) is 5.75 Å². The maximum Gasteiger partial charge on any atom is 0.333 e. The maximum absolute atomic E-state index is 13.6. The van der Waals surface area contributed by atoms with Crippen molar-refractivity contribution in [3.8, 4) is 5.75 Å². The molecule has 0 unspecified atom stereocenters. The quantitative estimate of drug-likeness (QED) is 0.148. The van der Waals surface area contributed by atoms with Crippen LogP contribution in [0.2, 0.25) is 0 Å². The Labute approximate surface area is 254 Å². The largest absolute Gasteiger partial charge is 0.493 e. The first-order chi connectivity index (χ1) is 20.8. The fourth-order valence-corrected chi connectivity index (χ4v) is 6.63. The number of rotatable bonds is 16. The van der Waals surface area contributed by atoms with Crippen LogP contribution in [0.3, 0.4) is 0 Å². The summed E-state index contributed by atoms with van der Waals surface area (Å²) in [6.45, 7) is 5.07. The minimum Gasteiger partial charge on any atom is -0.493 e. The molecule has 0 saturated heterocycles. The first-order valence-corrected chi connectivity index (χ1v) is 16.1. The van der Waals surface area contributed by atoms with Gasteiger partial charge in [-0.2, -0.15) is 0 Å². The monoisotopic (exact) mass is 601 g/mol. The van der Waals surface area contributed by atoms with E-state index in [0.717, 1.165) is 40.1 Å². The number of anilines is 1. The molecule has 8 heteroatoms. The van der Waals surface area contributed by atoms with Gasteiger partial charge in [0.05, 0.1) is 16.8 Å². The third kappa shape index (κ3) is 9.17. The zero-order valence-corrected chi connectivity index (χ0v) is 25.4. The molecule has 43 heavy (non-hydrogen) atoms. The van der Waals surface area contributed by atoms with Gasteiger partial charge in [-0.3, -0.25) is 0 Å². The molecule has 0 amide bonds. The average molecular weight is 602 g/mol. The van der Waals surface area contributed by atoms with Crippen molar-refractivity contribution in [1.29, 1.82) is 0 Å². The summed E-state index contributed by atoms with van der Waals surface area (Å²) in [5.41, 5.74) is 4.72. The summed E-state index contributed by atoms with van der Waals surface area (Å²) in [7, 11) is -3.56. The first-order valence-electron chi connectivity index (χ1n) is 14.5. The summed E-state index contributed by atoms with van der Waals surface area (Å²) in [6, 6.07) is 31.9. The predicted octanol–water partition coefficient (Wildman–Crippen LogP) is 6.67. The summed E-state index contributed by atoms with van der Waals surface area (Å²) >= 11 is 0. The summed E-state index contributed by atoms with van der Waals surface area (Å²) < 4.78 is 38.3. The Morgan fingerprint density at radius 1 is 0.860 bits per heavy atom. The number of sulfone groups is 1. The second-order valence-electron chi connectivity index (χ2n) is 10.4. The van der Waals surface area contributed by atoms with E-state index in [1.165, 1.54) is 0 Å². The summed E-state index contributed by atoms with van der Waals surface area (Å²) in [5, 5.41) is 12.0. The van der Waals surface area contributed by atoms with Gasteiger partial charge in [-0.15, -0.1) is 0 Å². The molecule has 226 valence electrons. The van der Waals surface area contributed by atoms with Crippen LogP contribution in [-0.2, 0) is 32.2 Å². The summed E-state index contributed by atoms with van der Waals surface area (Å²) in [6.07, 6.45) is 0.598. The SMILES string of the molecule is CCO[C@@H](Cc1ccc(OCCc2ccc(NCC[C@H](c3ccccc3)S(=O)(=O)c3ccc(C)cc3)cc2)cc1)C(=O)O. The third-order valence-corrected chi connectivity index (χ3v) is 9.42. The average Bonchev–Trinajstić information content (AvgIpc) is 3.01. The van der Waals surface area contributed by atoms with Gasteiger partial charge in [0.15, 0.2) is 15.9 Å². The van der Waals surface area contributed by atoms with Gasteiger partial charge in [0.2, 0.25) is 0 Å². The number of carboxylic acids is 1. The highest BCUT2D eigenvalue weighted by molar-refractivity contribution is 7.91. The van der Waals surface area contributed by atoms with E-state index in [9.17, 15) is 18.3 Å². The Morgan fingerprint density at radius 2 is 1.51 bits per heavy atom. The number of carboxylic acid groups (broad SMARTS) is 1. The highest BCUT2D eigenvalue weighted by Crippen LogP contribution is 2.32. The molecule has 4 aromatic carbocycles. The number of benzene rings is 4. The molecule has 2 atom stereocenters. The number of carbonyl (C=O) groups is 1. The molecule has 0 aromatic heterocycles. The Hall–Kier alpha value is -4.14. The summed E-state index contributed by atoms with van der Waals surface area (Å²) in [5.74, 6) is -0.246. The van der Waals surface area contributed by atoms with Crippen LogP contribution in [0.15, 0.2) is 108 Å². The van der Waals surface area contributed by atoms with Gasteiger partial charge in [0.25, 0.3) is 0 Å². The van der Waals surface area contributed by atoms with Crippen molar-refractivity contribution in [2.45, 2.75) is 49.4 Å². The van der Waals surface area contributed by atoms with Gasteiger partial charge in [-0.1, -0.05) is 72.3 Å². The topological polar surface area (TPSA) is 102 Å². The predicted molar refractivity (Wildman–Crippen MR) is 169 cm³/mol. The van der Waals surface area contributed by atoms with Crippen molar-refractivity contribution in [3.05, 3.63) is 125 Å². The van der Waals surface area contributed by atoms with E-state index in [1.54, 1.807) is 19.1 Å². The molecule has 4 rings (SSSR count). The van der Waals surface area contributed by atoms with Gasteiger partial charge in [0.1, 0.15) is 5.75 Å². The van der Waals surface area contributed by atoms with Crippen LogP contribution in [0.4, 0.5) is 5.69 Å². The van der Waals surface area contributed by atoms with E-state index < -0.39 is 27.2 Å².